The highest BCUT2D eigenvalue weighted by atomic mass is 16.5. The number of nitrogens with one attached hydrogen (secondary N) is 1. The van der Waals surface area contributed by atoms with Crippen LogP contribution < -0.4 is 10.1 Å². The van der Waals surface area contributed by atoms with Gasteiger partial charge in [-0.15, -0.1) is 0 Å². The number of unbranched alkanes of at least 4 members (excludes halogenated alkanes) is 1. The Hall–Kier alpha value is -1.02. The monoisotopic (exact) mass is 259 g/mol. The molecule has 2 aliphatic rings. The molecule has 2 heteroatoms. The van der Waals surface area contributed by atoms with Gasteiger partial charge in [-0.3, -0.25) is 0 Å². The Morgan fingerprint density at radius 2 is 2.21 bits per heavy atom. The predicted molar refractivity (Wildman–Crippen MR) is 78.8 cm³/mol. The Morgan fingerprint density at radius 3 is 3.00 bits per heavy atom. The van der Waals surface area contributed by atoms with E-state index in [1.165, 1.54) is 49.7 Å². The summed E-state index contributed by atoms with van der Waals surface area (Å²) >= 11 is 0. The molecule has 1 atom stereocenters. The number of hydrogen-bond acceptors (Lipinski definition) is 2. The van der Waals surface area contributed by atoms with E-state index in [1.807, 2.05) is 0 Å². The zero-order chi connectivity index (χ0) is 13.1. The molecule has 104 valence electrons. The number of fused-ring (bicyclic) bond motifs is 1. The van der Waals surface area contributed by atoms with Crippen molar-refractivity contribution in [1.82, 2.24) is 5.32 Å². The van der Waals surface area contributed by atoms with Crippen LogP contribution in [0.2, 0.25) is 0 Å². The summed E-state index contributed by atoms with van der Waals surface area (Å²) in [5.41, 5.74) is 2.89. The van der Waals surface area contributed by atoms with Gasteiger partial charge in [0, 0.05) is 12.5 Å². The van der Waals surface area contributed by atoms with E-state index in [1.54, 1.807) is 0 Å². The lowest BCUT2D eigenvalue weighted by Gasteiger charge is -2.14. The number of rotatable bonds is 7. The summed E-state index contributed by atoms with van der Waals surface area (Å²) in [6, 6.07) is 7.51. The molecule has 1 unspecified atom stereocenters. The smallest absolute Gasteiger partial charge is 0.122 e. The van der Waals surface area contributed by atoms with Gasteiger partial charge in [0.1, 0.15) is 5.75 Å². The third kappa shape index (κ3) is 3.30. The van der Waals surface area contributed by atoms with Crippen LogP contribution >= 0.6 is 0 Å². The van der Waals surface area contributed by atoms with Crippen molar-refractivity contribution < 1.29 is 4.74 Å². The van der Waals surface area contributed by atoms with E-state index in [-0.39, 0.29) is 0 Å². The van der Waals surface area contributed by atoms with Crippen LogP contribution in [-0.2, 0) is 12.8 Å². The fourth-order valence-electron chi connectivity index (χ4n) is 3.20. The van der Waals surface area contributed by atoms with Crippen molar-refractivity contribution in [1.29, 1.82) is 0 Å². The van der Waals surface area contributed by atoms with Gasteiger partial charge < -0.3 is 10.1 Å². The third-order valence-corrected chi connectivity index (χ3v) is 4.55. The lowest BCUT2D eigenvalue weighted by molar-refractivity contribution is 0.357. The molecule has 0 radical (unpaired) electrons. The molecule has 1 fully saturated rings. The van der Waals surface area contributed by atoms with Gasteiger partial charge in [0.15, 0.2) is 0 Å². The summed E-state index contributed by atoms with van der Waals surface area (Å²) in [5, 5.41) is 3.48. The molecule has 0 spiro atoms. The molecule has 0 bridgehead atoms. The van der Waals surface area contributed by atoms with E-state index in [2.05, 4.69) is 30.6 Å². The molecule has 0 aromatic heterocycles. The Labute approximate surface area is 116 Å². The van der Waals surface area contributed by atoms with E-state index in [4.69, 9.17) is 4.74 Å². The average Bonchev–Trinajstić information content (AvgIpc) is 3.16. The fraction of sp³-hybridized carbons (Fsp3) is 0.647. The van der Waals surface area contributed by atoms with Crippen LogP contribution in [0.25, 0.3) is 0 Å². The maximum Gasteiger partial charge on any atom is 0.122 e. The molecule has 1 heterocycles. The largest absolute Gasteiger partial charge is 0.493 e. The highest BCUT2D eigenvalue weighted by Crippen LogP contribution is 2.34. The number of benzene rings is 1. The topological polar surface area (TPSA) is 21.3 Å². The number of aryl methyl sites for hydroxylation is 1. The van der Waals surface area contributed by atoms with Crippen LogP contribution in [0, 0.1) is 5.92 Å². The van der Waals surface area contributed by atoms with Crippen LogP contribution in [0.4, 0.5) is 0 Å². The second kappa shape index (κ2) is 5.96. The van der Waals surface area contributed by atoms with Crippen LogP contribution in [0.5, 0.6) is 5.75 Å². The van der Waals surface area contributed by atoms with Crippen molar-refractivity contribution in [2.75, 3.05) is 13.7 Å². The van der Waals surface area contributed by atoms with Crippen molar-refractivity contribution in [3.05, 3.63) is 29.3 Å². The molecule has 1 saturated carbocycles. The second-order valence-corrected chi connectivity index (χ2v) is 6.02. The van der Waals surface area contributed by atoms with E-state index >= 15 is 0 Å². The molecule has 1 N–H and O–H groups in total. The molecule has 19 heavy (non-hydrogen) atoms. The zero-order valence-corrected chi connectivity index (χ0v) is 12.0. The highest BCUT2D eigenvalue weighted by Gasteiger charge is 2.29. The van der Waals surface area contributed by atoms with Gasteiger partial charge in [-0.2, -0.15) is 0 Å². The van der Waals surface area contributed by atoms with Crippen LogP contribution in [0.15, 0.2) is 18.2 Å². The van der Waals surface area contributed by atoms with Crippen molar-refractivity contribution in [2.45, 2.75) is 51.0 Å². The Bertz CT molecular complexity index is 425. The minimum absolute atomic E-state index is 0.772. The Morgan fingerprint density at radius 1 is 1.32 bits per heavy atom. The van der Waals surface area contributed by atoms with Gasteiger partial charge in [-0.25, -0.2) is 0 Å². The standard InChI is InChI=1S/C17H25NO/c1-18-16(14-7-8-14)5-3-2-4-13-6-9-17-15(12-13)10-11-19-17/h6,9,12,14,16,18H,2-5,7-8,10-11H2,1H3. The molecule has 0 saturated heterocycles. The van der Waals surface area contributed by atoms with Gasteiger partial charge in [-0.1, -0.05) is 18.6 Å². The van der Waals surface area contributed by atoms with Crippen molar-refractivity contribution in [3.8, 4) is 5.75 Å². The fourth-order valence-corrected chi connectivity index (χ4v) is 3.20. The van der Waals surface area contributed by atoms with Crippen LogP contribution in [0.3, 0.4) is 0 Å². The maximum absolute atomic E-state index is 5.55. The molecule has 1 aromatic carbocycles. The van der Waals surface area contributed by atoms with Crippen molar-refractivity contribution in [3.63, 3.8) is 0 Å². The van der Waals surface area contributed by atoms with Gasteiger partial charge in [0.25, 0.3) is 0 Å². The molecule has 2 nitrogen and oxygen atoms in total. The van der Waals surface area contributed by atoms with Gasteiger partial charge in [0.05, 0.1) is 6.61 Å². The predicted octanol–water partition coefficient (Wildman–Crippen LogP) is 3.33. The third-order valence-electron chi connectivity index (χ3n) is 4.55. The van der Waals surface area contributed by atoms with E-state index < -0.39 is 0 Å². The second-order valence-electron chi connectivity index (χ2n) is 6.02. The summed E-state index contributed by atoms with van der Waals surface area (Å²) in [6.07, 6.45) is 9.18. The van der Waals surface area contributed by atoms with Crippen LogP contribution in [-0.4, -0.2) is 19.7 Å². The molecular weight excluding hydrogens is 234 g/mol. The van der Waals surface area contributed by atoms with Gasteiger partial charge in [0.2, 0.25) is 0 Å². The molecular formula is C17H25NO. The lowest BCUT2D eigenvalue weighted by atomic mass is 10.0. The molecule has 3 rings (SSSR count). The van der Waals surface area contributed by atoms with E-state index in [0.717, 1.165) is 30.7 Å². The number of ether oxygens (including phenoxy) is 1. The minimum atomic E-state index is 0.772. The quantitative estimate of drug-likeness (QED) is 0.758. The van der Waals surface area contributed by atoms with Crippen molar-refractivity contribution >= 4 is 0 Å². The molecule has 1 aliphatic carbocycles. The molecule has 1 aromatic rings. The van der Waals surface area contributed by atoms with Crippen LogP contribution in [0.1, 0.15) is 43.2 Å². The van der Waals surface area contributed by atoms with Crippen molar-refractivity contribution in [2.24, 2.45) is 5.92 Å². The highest BCUT2D eigenvalue weighted by molar-refractivity contribution is 5.39. The summed E-state index contributed by atoms with van der Waals surface area (Å²) in [4.78, 5) is 0. The summed E-state index contributed by atoms with van der Waals surface area (Å²) < 4.78 is 5.55. The Balaban J connectivity index is 1.42. The first-order chi connectivity index (χ1) is 9.36. The normalized spacial score (nSPS) is 19.0. The molecule has 0 amide bonds. The summed E-state index contributed by atoms with van der Waals surface area (Å²) in [5.74, 6) is 2.08. The van der Waals surface area contributed by atoms with E-state index in [0.29, 0.717) is 0 Å². The first-order valence-corrected chi connectivity index (χ1v) is 7.78. The van der Waals surface area contributed by atoms with E-state index in [9.17, 15) is 0 Å². The molecule has 1 aliphatic heterocycles. The maximum atomic E-state index is 5.55. The number of hydrogen-bond donors (Lipinski definition) is 1. The zero-order valence-electron chi connectivity index (χ0n) is 12.0. The Kier molecular flexibility index (Phi) is 4.07. The van der Waals surface area contributed by atoms with Gasteiger partial charge >= 0.3 is 0 Å². The SMILES string of the molecule is CNC(CCCCc1ccc2c(c1)CCO2)C1CC1. The first kappa shape index (κ1) is 13.0. The first-order valence-electron chi connectivity index (χ1n) is 7.78. The lowest BCUT2D eigenvalue weighted by Crippen LogP contribution is -2.27. The summed E-state index contributed by atoms with van der Waals surface area (Å²) in [7, 11) is 2.11. The average molecular weight is 259 g/mol. The minimum Gasteiger partial charge on any atom is -0.493 e. The van der Waals surface area contributed by atoms with Gasteiger partial charge in [-0.05, 0) is 62.3 Å². The summed E-state index contributed by atoms with van der Waals surface area (Å²) in [6.45, 7) is 0.865.